The molecule has 0 spiro atoms. The highest BCUT2D eigenvalue weighted by molar-refractivity contribution is 5.75. The van der Waals surface area contributed by atoms with Crippen LogP contribution in [0, 0.1) is 11.3 Å². The average molecular weight is 286 g/mol. The number of nitriles is 1. The Hall–Kier alpha value is -3.12. The summed E-state index contributed by atoms with van der Waals surface area (Å²) in [7, 11) is 1.69. The van der Waals surface area contributed by atoms with Crippen molar-refractivity contribution in [1.82, 2.24) is 4.57 Å². The summed E-state index contributed by atoms with van der Waals surface area (Å²) >= 11 is 0. The molecule has 0 aliphatic carbocycles. The van der Waals surface area contributed by atoms with Crippen LogP contribution in [0.5, 0.6) is 0 Å². The van der Waals surface area contributed by atoms with Gasteiger partial charge in [0.2, 0.25) is 0 Å². The van der Waals surface area contributed by atoms with Crippen molar-refractivity contribution in [3.63, 3.8) is 0 Å². The SMILES string of the molecule is Cn1c(-c2ccccc2)cc(-c2ccccc2)c(C#N)c1=O. The first-order valence-corrected chi connectivity index (χ1v) is 6.97. The van der Waals surface area contributed by atoms with Crippen molar-refractivity contribution in [1.29, 1.82) is 5.26 Å². The Morgan fingerprint density at radius 3 is 2.00 bits per heavy atom. The lowest BCUT2D eigenvalue weighted by Gasteiger charge is -2.13. The molecule has 0 N–H and O–H groups in total. The minimum absolute atomic E-state index is 0.174. The maximum absolute atomic E-state index is 12.5. The Bertz CT molecular complexity index is 904. The Morgan fingerprint density at radius 2 is 1.45 bits per heavy atom. The van der Waals surface area contributed by atoms with Gasteiger partial charge in [0, 0.05) is 12.6 Å². The van der Waals surface area contributed by atoms with E-state index in [1.54, 1.807) is 7.05 Å². The smallest absolute Gasteiger partial charge is 0.269 e. The van der Waals surface area contributed by atoms with Crippen molar-refractivity contribution in [3.05, 3.63) is 82.6 Å². The Kier molecular flexibility index (Phi) is 3.59. The molecule has 1 aromatic heterocycles. The van der Waals surface area contributed by atoms with Crippen molar-refractivity contribution in [2.75, 3.05) is 0 Å². The molecular formula is C19H14N2O. The zero-order valence-corrected chi connectivity index (χ0v) is 12.2. The van der Waals surface area contributed by atoms with Gasteiger partial charge in [-0.2, -0.15) is 5.26 Å². The molecule has 0 fully saturated rings. The van der Waals surface area contributed by atoms with E-state index in [-0.39, 0.29) is 11.1 Å². The van der Waals surface area contributed by atoms with E-state index in [9.17, 15) is 10.1 Å². The lowest BCUT2D eigenvalue weighted by atomic mass is 9.99. The number of nitrogens with zero attached hydrogens (tertiary/aromatic N) is 2. The van der Waals surface area contributed by atoms with E-state index < -0.39 is 0 Å². The number of aromatic nitrogens is 1. The van der Waals surface area contributed by atoms with Crippen LogP contribution in [0.4, 0.5) is 0 Å². The molecule has 22 heavy (non-hydrogen) atoms. The van der Waals surface area contributed by atoms with Crippen LogP contribution in [0.15, 0.2) is 71.5 Å². The Labute approximate surface area is 128 Å². The number of rotatable bonds is 2. The van der Waals surface area contributed by atoms with Crippen LogP contribution in [-0.2, 0) is 7.05 Å². The molecule has 106 valence electrons. The van der Waals surface area contributed by atoms with Crippen molar-refractivity contribution < 1.29 is 0 Å². The van der Waals surface area contributed by atoms with E-state index in [0.29, 0.717) is 5.56 Å². The molecule has 0 saturated heterocycles. The van der Waals surface area contributed by atoms with Crippen molar-refractivity contribution in [2.45, 2.75) is 0 Å². The van der Waals surface area contributed by atoms with Crippen molar-refractivity contribution >= 4 is 0 Å². The fraction of sp³-hybridized carbons (Fsp3) is 0.0526. The molecule has 0 aliphatic rings. The third-order valence-corrected chi connectivity index (χ3v) is 3.70. The van der Waals surface area contributed by atoms with E-state index in [0.717, 1.165) is 16.8 Å². The Balaban J connectivity index is 2.34. The van der Waals surface area contributed by atoms with Gasteiger partial charge < -0.3 is 4.57 Å². The molecule has 0 saturated carbocycles. The molecular weight excluding hydrogens is 272 g/mol. The van der Waals surface area contributed by atoms with Gasteiger partial charge in [-0.25, -0.2) is 0 Å². The van der Waals surface area contributed by atoms with Crippen LogP contribution in [-0.4, -0.2) is 4.57 Å². The summed E-state index contributed by atoms with van der Waals surface area (Å²) in [4.78, 5) is 12.5. The average Bonchev–Trinajstić information content (AvgIpc) is 2.58. The van der Waals surface area contributed by atoms with Crippen molar-refractivity contribution in [3.8, 4) is 28.5 Å². The Morgan fingerprint density at radius 1 is 0.909 bits per heavy atom. The van der Waals surface area contributed by atoms with Gasteiger partial charge in [0.05, 0.1) is 5.69 Å². The summed E-state index contributed by atoms with van der Waals surface area (Å²) in [6.07, 6.45) is 0. The van der Waals surface area contributed by atoms with Crippen LogP contribution in [0.25, 0.3) is 22.4 Å². The minimum atomic E-state index is -0.275. The highest BCUT2D eigenvalue weighted by atomic mass is 16.1. The quantitative estimate of drug-likeness (QED) is 0.722. The first kappa shape index (κ1) is 13.8. The monoisotopic (exact) mass is 286 g/mol. The zero-order chi connectivity index (χ0) is 15.5. The molecule has 3 heteroatoms. The summed E-state index contributed by atoms with van der Waals surface area (Å²) in [5.41, 5.74) is 3.18. The largest absolute Gasteiger partial charge is 0.310 e. The van der Waals surface area contributed by atoms with Gasteiger partial charge in [0.25, 0.3) is 5.56 Å². The third kappa shape index (κ3) is 2.32. The molecule has 0 atom stereocenters. The van der Waals surface area contributed by atoms with E-state index >= 15 is 0 Å². The van der Waals surface area contributed by atoms with Crippen LogP contribution >= 0.6 is 0 Å². The van der Waals surface area contributed by atoms with Gasteiger partial charge in [-0.05, 0) is 17.2 Å². The summed E-state index contributed by atoms with van der Waals surface area (Å²) < 4.78 is 1.53. The van der Waals surface area contributed by atoms with Gasteiger partial charge in [-0.3, -0.25) is 4.79 Å². The molecule has 3 aromatic rings. The predicted octanol–water partition coefficient (Wildman–Crippen LogP) is 3.59. The van der Waals surface area contributed by atoms with Crippen molar-refractivity contribution in [2.24, 2.45) is 7.05 Å². The fourth-order valence-electron chi connectivity index (χ4n) is 2.54. The second-order valence-corrected chi connectivity index (χ2v) is 5.03. The second kappa shape index (κ2) is 5.71. The van der Waals surface area contributed by atoms with E-state index in [1.165, 1.54) is 4.57 Å². The zero-order valence-electron chi connectivity index (χ0n) is 12.2. The number of pyridine rings is 1. The minimum Gasteiger partial charge on any atom is -0.310 e. The van der Waals surface area contributed by atoms with Gasteiger partial charge in [-0.15, -0.1) is 0 Å². The number of hydrogen-bond acceptors (Lipinski definition) is 2. The van der Waals surface area contributed by atoms with E-state index in [2.05, 4.69) is 0 Å². The van der Waals surface area contributed by atoms with Crippen LogP contribution in [0.2, 0.25) is 0 Å². The van der Waals surface area contributed by atoms with Crippen LogP contribution < -0.4 is 5.56 Å². The molecule has 2 aromatic carbocycles. The lowest BCUT2D eigenvalue weighted by Crippen LogP contribution is -2.22. The van der Waals surface area contributed by atoms with Gasteiger partial charge in [0.15, 0.2) is 0 Å². The summed E-state index contributed by atoms with van der Waals surface area (Å²) in [6, 6.07) is 23.2. The van der Waals surface area contributed by atoms with Crippen LogP contribution in [0.1, 0.15) is 5.56 Å². The maximum atomic E-state index is 12.5. The second-order valence-electron chi connectivity index (χ2n) is 5.03. The topological polar surface area (TPSA) is 45.8 Å². The molecule has 0 aliphatic heterocycles. The first-order chi connectivity index (χ1) is 10.7. The molecule has 3 rings (SSSR count). The maximum Gasteiger partial charge on any atom is 0.269 e. The molecule has 0 bridgehead atoms. The predicted molar refractivity (Wildman–Crippen MR) is 87.3 cm³/mol. The number of hydrogen-bond donors (Lipinski definition) is 0. The van der Waals surface area contributed by atoms with Gasteiger partial charge in [0.1, 0.15) is 11.6 Å². The molecule has 0 unspecified atom stereocenters. The van der Waals surface area contributed by atoms with Crippen LogP contribution in [0.3, 0.4) is 0 Å². The van der Waals surface area contributed by atoms with Gasteiger partial charge >= 0.3 is 0 Å². The van der Waals surface area contributed by atoms with E-state index in [4.69, 9.17) is 0 Å². The summed E-state index contributed by atoms with van der Waals surface area (Å²) in [6.45, 7) is 0. The molecule has 0 amide bonds. The van der Waals surface area contributed by atoms with E-state index in [1.807, 2.05) is 72.8 Å². The summed E-state index contributed by atoms with van der Waals surface area (Å²) in [5, 5.41) is 9.38. The summed E-state index contributed by atoms with van der Waals surface area (Å²) in [5.74, 6) is 0. The number of benzene rings is 2. The molecule has 3 nitrogen and oxygen atoms in total. The third-order valence-electron chi connectivity index (χ3n) is 3.70. The molecule has 1 heterocycles. The standard InChI is InChI=1S/C19H14N2O/c1-21-18(15-10-6-3-7-11-15)12-16(17(13-20)19(21)22)14-8-4-2-5-9-14/h2-12H,1H3. The first-order valence-electron chi connectivity index (χ1n) is 6.97. The van der Waals surface area contributed by atoms with Gasteiger partial charge in [-0.1, -0.05) is 60.7 Å². The normalized spacial score (nSPS) is 10.2. The lowest BCUT2D eigenvalue weighted by molar-refractivity contribution is 0.867. The highest BCUT2D eigenvalue weighted by Gasteiger charge is 2.14. The molecule has 0 radical (unpaired) electrons. The fourth-order valence-corrected chi connectivity index (χ4v) is 2.54. The highest BCUT2D eigenvalue weighted by Crippen LogP contribution is 2.26.